The molecule has 0 unspecified atom stereocenters. The lowest BCUT2D eigenvalue weighted by molar-refractivity contribution is -0.140. The van der Waals surface area contributed by atoms with Gasteiger partial charge in [-0.15, -0.1) is 0 Å². The van der Waals surface area contributed by atoms with Crippen LogP contribution in [0.5, 0.6) is 5.75 Å². The molecule has 0 radical (unpaired) electrons. The number of hydrogen-bond acceptors (Lipinski definition) is 5. The molecule has 2 amide bonds. The molecular weight excluding hydrogens is 358 g/mol. The minimum atomic E-state index is -0.268. The smallest absolute Gasteiger partial charge is 0.329 e. The van der Waals surface area contributed by atoms with Crippen molar-refractivity contribution >= 4 is 23.4 Å². The van der Waals surface area contributed by atoms with E-state index in [-0.39, 0.29) is 18.4 Å². The average molecular weight is 379 g/mol. The number of esters is 1. The Kier molecular flexibility index (Phi) is 5.80. The van der Waals surface area contributed by atoms with Crippen molar-refractivity contribution in [3.05, 3.63) is 53.6 Å². The Bertz CT molecular complexity index is 918. The lowest BCUT2D eigenvalue weighted by atomic mass is 10.1. The number of nitriles is 1. The first-order chi connectivity index (χ1) is 13.6. The number of methoxy groups -OCH3 is 2. The fraction of sp³-hybridized carbons (Fsp3) is 0.286. The molecule has 0 atom stereocenters. The van der Waals surface area contributed by atoms with Crippen molar-refractivity contribution in [3.8, 4) is 11.8 Å². The molecular formula is C21H21N3O4. The summed E-state index contributed by atoms with van der Waals surface area (Å²) < 4.78 is 10.2. The molecule has 3 rings (SSSR count). The number of amides is 2. The van der Waals surface area contributed by atoms with E-state index in [0.29, 0.717) is 36.5 Å². The van der Waals surface area contributed by atoms with Crippen LogP contribution in [-0.4, -0.2) is 39.3 Å². The van der Waals surface area contributed by atoms with E-state index in [1.165, 1.54) is 7.11 Å². The van der Waals surface area contributed by atoms with Crippen LogP contribution in [0, 0.1) is 11.3 Å². The van der Waals surface area contributed by atoms with Crippen molar-refractivity contribution in [1.82, 2.24) is 0 Å². The van der Waals surface area contributed by atoms with Crippen molar-refractivity contribution in [1.29, 1.82) is 5.26 Å². The van der Waals surface area contributed by atoms with Crippen LogP contribution in [-0.2, 0) is 16.0 Å². The van der Waals surface area contributed by atoms with E-state index in [1.54, 1.807) is 41.2 Å². The van der Waals surface area contributed by atoms with Gasteiger partial charge in [-0.05, 0) is 48.4 Å². The van der Waals surface area contributed by atoms with Gasteiger partial charge in [-0.3, -0.25) is 14.6 Å². The molecule has 1 saturated heterocycles. The second kappa shape index (κ2) is 8.44. The molecule has 1 fully saturated rings. The number of urea groups is 1. The fourth-order valence-corrected chi connectivity index (χ4v) is 3.16. The molecule has 0 saturated carbocycles. The summed E-state index contributed by atoms with van der Waals surface area (Å²) in [5, 5.41) is 8.92. The Balaban J connectivity index is 1.78. The molecule has 0 bridgehead atoms. The van der Waals surface area contributed by atoms with Crippen LogP contribution in [0.25, 0.3) is 0 Å². The molecule has 7 heteroatoms. The molecule has 0 spiro atoms. The number of ether oxygens (including phenoxy) is 2. The topological polar surface area (TPSA) is 82.9 Å². The number of hydrogen-bond donors (Lipinski definition) is 0. The Labute approximate surface area is 163 Å². The first kappa shape index (κ1) is 19.2. The molecule has 2 aromatic rings. The lowest BCUT2D eigenvalue weighted by Gasteiger charge is -2.21. The van der Waals surface area contributed by atoms with Gasteiger partial charge in [-0.1, -0.05) is 6.07 Å². The predicted molar refractivity (Wildman–Crippen MR) is 105 cm³/mol. The third kappa shape index (κ3) is 3.91. The normalized spacial score (nSPS) is 13.4. The van der Waals surface area contributed by atoms with Gasteiger partial charge in [0.25, 0.3) is 0 Å². The maximum absolute atomic E-state index is 12.9. The Hall–Kier alpha value is -3.53. The summed E-state index contributed by atoms with van der Waals surface area (Å²) in [6.07, 6.45) is 0.822. The predicted octanol–water partition coefficient (Wildman–Crippen LogP) is 3.12. The summed E-state index contributed by atoms with van der Waals surface area (Å²) in [5.74, 6) is 0.313. The molecule has 1 aliphatic heterocycles. The van der Waals surface area contributed by atoms with Gasteiger partial charge < -0.3 is 9.47 Å². The second-order valence-corrected chi connectivity index (χ2v) is 6.33. The number of aryl methyl sites for hydroxylation is 1. The zero-order chi connectivity index (χ0) is 20.1. The van der Waals surface area contributed by atoms with E-state index in [4.69, 9.17) is 10.00 Å². The van der Waals surface area contributed by atoms with Crippen LogP contribution in [0.3, 0.4) is 0 Å². The van der Waals surface area contributed by atoms with Crippen LogP contribution in [0.1, 0.15) is 17.5 Å². The molecule has 1 aliphatic rings. The van der Waals surface area contributed by atoms with E-state index in [2.05, 4.69) is 10.8 Å². The van der Waals surface area contributed by atoms with E-state index in [1.807, 2.05) is 18.2 Å². The van der Waals surface area contributed by atoms with Crippen molar-refractivity contribution in [2.24, 2.45) is 0 Å². The molecule has 0 N–H and O–H groups in total. The number of benzene rings is 2. The summed E-state index contributed by atoms with van der Waals surface area (Å²) in [5.41, 5.74) is 2.92. The first-order valence-electron chi connectivity index (χ1n) is 8.90. The number of nitrogens with zero attached hydrogens (tertiary/aromatic N) is 3. The molecule has 0 aromatic heterocycles. The van der Waals surface area contributed by atoms with Crippen molar-refractivity contribution in [3.63, 3.8) is 0 Å². The maximum atomic E-state index is 12.9. The third-order valence-electron chi connectivity index (χ3n) is 4.70. The van der Waals surface area contributed by atoms with Gasteiger partial charge in [0.2, 0.25) is 0 Å². The Morgan fingerprint density at radius 2 is 1.82 bits per heavy atom. The zero-order valence-corrected chi connectivity index (χ0v) is 15.8. The minimum absolute atomic E-state index is 0.148. The molecule has 2 aromatic carbocycles. The highest BCUT2D eigenvalue weighted by atomic mass is 16.5. The molecule has 0 aliphatic carbocycles. The number of anilines is 2. The molecule has 144 valence electrons. The highest BCUT2D eigenvalue weighted by molar-refractivity contribution is 6.06. The number of rotatable bonds is 6. The Morgan fingerprint density at radius 1 is 1.11 bits per heavy atom. The van der Waals surface area contributed by atoms with Gasteiger partial charge in [0, 0.05) is 25.2 Å². The van der Waals surface area contributed by atoms with Gasteiger partial charge >= 0.3 is 12.0 Å². The fourth-order valence-electron chi connectivity index (χ4n) is 3.16. The number of carbonyl (C=O) groups is 2. The van der Waals surface area contributed by atoms with Crippen LogP contribution in [0.4, 0.5) is 16.2 Å². The SMILES string of the molecule is COC(=O)CCc1ccc(N2CCN(c3ccc(C#N)cc3)C2=O)c(OC)c1. The summed E-state index contributed by atoms with van der Waals surface area (Å²) in [6, 6.07) is 14.4. The van der Waals surface area contributed by atoms with Crippen molar-refractivity contribution in [2.45, 2.75) is 12.8 Å². The zero-order valence-electron chi connectivity index (χ0n) is 15.8. The van der Waals surface area contributed by atoms with E-state index < -0.39 is 0 Å². The summed E-state index contributed by atoms with van der Waals surface area (Å²) >= 11 is 0. The highest BCUT2D eigenvalue weighted by Gasteiger charge is 2.32. The standard InChI is InChI=1S/C21H21N3O4/c1-27-19-13-15(6-10-20(25)28-2)5-9-18(19)24-12-11-23(21(24)26)17-7-3-16(14-22)4-8-17/h3-5,7-9,13H,6,10-12H2,1-2H3. The van der Waals surface area contributed by atoms with Gasteiger partial charge in [-0.25, -0.2) is 4.79 Å². The minimum Gasteiger partial charge on any atom is -0.495 e. The van der Waals surface area contributed by atoms with Crippen LogP contribution < -0.4 is 14.5 Å². The first-order valence-corrected chi connectivity index (χ1v) is 8.90. The average Bonchev–Trinajstić information content (AvgIpc) is 3.12. The van der Waals surface area contributed by atoms with Crippen LogP contribution in [0.15, 0.2) is 42.5 Å². The van der Waals surface area contributed by atoms with Crippen LogP contribution in [0.2, 0.25) is 0 Å². The molecule has 7 nitrogen and oxygen atoms in total. The largest absolute Gasteiger partial charge is 0.495 e. The van der Waals surface area contributed by atoms with E-state index in [0.717, 1.165) is 11.3 Å². The third-order valence-corrected chi connectivity index (χ3v) is 4.70. The van der Waals surface area contributed by atoms with Gasteiger partial charge in [-0.2, -0.15) is 5.26 Å². The lowest BCUT2D eigenvalue weighted by Crippen LogP contribution is -2.31. The quantitative estimate of drug-likeness (QED) is 0.720. The maximum Gasteiger partial charge on any atom is 0.329 e. The highest BCUT2D eigenvalue weighted by Crippen LogP contribution is 2.33. The van der Waals surface area contributed by atoms with Gasteiger partial charge in [0.1, 0.15) is 5.75 Å². The number of carbonyl (C=O) groups excluding carboxylic acids is 2. The Morgan fingerprint density at radius 3 is 2.46 bits per heavy atom. The van der Waals surface area contributed by atoms with Crippen molar-refractivity contribution in [2.75, 3.05) is 37.1 Å². The molecule has 28 heavy (non-hydrogen) atoms. The summed E-state index contributed by atoms with van der Waals surface area (Å²) in [6.45, 7) is 1.06. The second-order valence-electron chi connectivity index (χ2n) is 6.33. The van der Waals surface area contributed by atoms with Crippen LogP contribution >= 0.6 is 0 Å². The summed E-state index contributed by atoms with van der Waals surface area (Å²) in [4.78, 5) is 27.6. The van der Waals surface area contributed by atoms with Gasteiger partial charge in [0.15, 0.2) is 0 Å². The van der Waals surface area contributed by atoms with Crippen molar-refractivity contribution < 1.29 is 19.1 Å². The molecule has 1 heterocycles. The van der Waals surface area contributed by atoms with E-state index in [9.17, 15) is 9.59 Å². The van der Waals surface area contributed by atoms with Gasteiger partial charge in [0.05, 0.1) is 31.5 Å². The van der Waals surface area contributed by atoms with E-state index >= 15 is 0 Å². The summed E-state index contributed by atoms with van der Waals surface area (Å²) in [7, 11) is 2.92. The monoisotopic (exact) mass is 379 g/mol.